The monoisotopic (exact) mass is 493 g/mol. The number of hydrogen-bond donors (Lipinski definition) is 1. The van der Waals surface area contributed by atoms with Crippen LogP contribution in [0.15, 0.2) is 46.9 Å². The fourth-order valence-electron chi connectivity index (χ4n) is 3.33. The first kappa shape index (κ1) is 22.3. The number of hydrogen-bond acceptors (Lipinski definition) is 4. The van der Waals surface area contributed by atoms with E-state index in [2.05, 4.69) is 21.2 Å². The number of sulfonamides is 1. The van der Waals surface area contributed by atoms with E-state index in [9.17, 15) is 18.0 Å². The molecule has 1 aliphatic heterocycles. The summed E-state index contributed by atoms with van der Waals surface area (Å²) in [5.41, 5.74) is 2.95. The van der Waals surface area contributed by atoms with Crippen molar-refractivity contribution < 1.29 is 18.0 Å². The number of amides is 2. The molecule has 0 aliphatic carbocycles. The van der Waals surface area contributed by atoms with Gasteiger partial charge in [-0.3, -0.25) is 13.9 Å². The van der Waals surface area contributed by atoms with Gasteiger partial charge < -0.3 is 10.2 Å². The highest BCUT2D eigenvalue weighted by molar-refractivity contribution is 9.10. The summed E-state index contributed by atoms with van der Waals surface area (Å²) in [4.78, 5) is 26.2. The molecule has 0 saturated carbocycles. The lowest BCUT2D eigenvalue weighted by molar-refractivity contribution is -0.120. The number of carbonyl (C=O) groups is 2. The Hall–Kier alpha value is -2.39. The molecule has 2 amide bonds. The Morgan fingerprint density at radius 3 is 2.63 bits per heavy atom. The van der Waals surface area contributed by atoms with Crippen molar-refractivity contribution in [3.63, 3.8) is 0 Å². The van der Waals surface area contributed by atoms with E-state index in [0.717, 1.165) is 38.3 Å². The minimum Gasteiger partial charge on any atom is -0.350 e. The molecule has 0 spiro atoms. The van der Waals surface area contributed by atoms with Gasteiger partial charge in [-0.2, -0.15) is 0 Å². The molecule has 1 fully saturated rings. The lowest BCUT2D eigenvalue weighted by Gasteiger charge is -2.22. The van der Waals surface area contributed by atoms with Crippen LogP contribution in [0.2, 0.25) is 0 Å². The van der Waals surface area contributed by atoms with Gasteiger partial charge in [0.05, 0.1) is 11.9 Å². The van der Waals surface area contributed by atoms with Gasteiger partial charge in [-0.1, -0.05) is 28.1 Å². The summed E-state index contributed by atoms with van der Waals surface area (Å²) >= 11 is 3.39. The second kappa shape index (κ2) is 9.18. The first-order chi connectivity index (χ1) is 14.1. The molecule has 1 saturated heterocycles. The molecule has 2 aromatic carbocycles. The Morgan fingerprint density at radius 1 is 1.23 bits per heavy atom. The lowest BCUT2D eigenvalue weighted by Crippen LogP contribution is -2.40. The third-order valence-electron chi connectivity index (χ3n) is 4.90. The van der Waals surface area contributed by atoms with Crippen molar-refractivity contribution in [1.29, 1.82) is 0 Å². The SMILES string of the molecule is Cc1cc(N(CC(=O)NCc2cccc(N3CCCC3=O)c2)S(C)(=O)=O)ccc1Br. The third-order valence-corrected chi connectivity index (χ3v) is 6.93. The number of nitrogens with one attached hydrogen (secondary N) is 1. The first-order valence-electron chi connectivity index (χ1n) is 9.55. The van der Waals surface area contributed by atoms with Crippen LogP contribution in [-0.2, 0) is 26.2 Å². The van der Waals surface area contributed by atoms with Gasteiger partial charge >= 0.3 is 0 Å². The molecule has 1 heterocycles. The molecule has 9 heteroatoms. The normalized spacial score (nSPS) is 14.1. The van der Waals surface area contributed by atoms with Crippen molar-refractivity contribution in [2.45, 2.75) is 26.3 Å². The van der Waals surface area contributed by atoms with Crippen LogP contribution in [0.5, 0.6) is 0 Å². The quantitative estimate of drug-likeness (QED) is 0.642. The van der Waals surface area contributed by atoms with Crippen molar-refractivity contribution in [3.05, 3.63) is 58.1 Å². The van der Waals surface area contributed by atoms with Gasteiger partial charge in [-0.15, -0.1) is 0 Å². The average Bonchev–Trinajstić information content (AvgIpc) is 3.12. The molecule has 3 rings (SSSR count). The molecule has 0 radical (unpaired) electrons. The van der Waals surface area contributed by atoms with Crippen LogP contribution in [0, 0.1) is 6.92 Å². The predicted molar refractivity (Wildman–Crippen MR) is 121 cm³/mol. The van der Waals surface area contributed by atoms with Crippen LogP contribution < -0.4 is 14.5 Å². The van der Waals surface area contributed by atoms with Gasteiger partial charge in [0.2, 0.25) is 21.8 Å². The van der Waals surface area contributed by atoms with E-state index in [4.69, 9.17) is 0 Å². The van der Waals surface area contributed by atoms with Gasteiger partial charge in [0, 0.05) is 29.7 Å². The average molecular weight is 494 g/mol. The molecular formula is C21H24BrN3O4S. The van der Waals surface area contributed by atoms with Gasteiger partial charge in [0.25, 0.3) is 0 Å². The Labute approximate surface area is 185 Å². The summed E-state index contributed by atoms with van der Waals surface area (Å²) < 4.78 is 26.5. The smallest absolute Gasteiger partial charge is 0.241 e. The maximum absolute atomic E-state index is 12.5. The van der Waals surface area contributed by atoms with Crippen LogP contribution in [0.1, 0.15) is 24.0 Å². The highest BCUT2D eigenvalue weighted by atomic mass is 79.9. The summed E-state index contributed by atoms with van der Waals surface area (Å²) in [6.45, 7) is 2.48. The summed E-state index contributed by atoms with van der Waals surface area (Å²) in [7, 11) is -3.64. The molecule has 1 aliphatic rings. The van der Waals surface area contributed by atoms with E-state index in [-0.39, 0.29) is 19.0 Å². The van der Waals surface area contributed by atoms with Crippen molar-refractivity contribution in [3.8, 4) is 0 Å². The maximum atomic E-state index is 12.5. The highest BCUT2D eigenvalue weighted by Crippen LogP contribution is 2.25. The van der Waals surface area contributed by atoms with E-state index in [1.807, 2.05) is 31.2 Å². The first-order valence-corrected chi connectivity index (χ1v) is 12.2. The predicted octanol–water partition coefficient (Wildman–Crippen LogP) is 2.97. The van der Waals surface area contributed by atoms with Crippen LogP contribution in [0.3, 0.4) is 0 Å². The number of aryl methyl sites for hydroxylation is 1. The van der Waals surface area contributed by atoms with Crippen molar-refractivity contribution in [2.75, 3.05) is 28.6 Å². The third kappa shape index (κ3) is 5.40. The topological polar surface area (TPSA) is 86.8 Å². The Kier molecular flexibility index (Phi) is 6.82. The second-order valence-electron chi connectivity index (χ2n) is 7.30. The molecule has 0 unspecified atom stereocenters. The summed E-state index contributed by atoms with van der Waals surface area (Å²) in [6.07, 6.45) is 2.47. The lowest BCUT2D eigenvalue weighted by atomic mass is 10.2. The van der Waals surface area contributed by atoms with Gasteiger partial charge in [-0.05, 0) is 54.8 Å². The van der Waals surface area contributed by atoms with Gasteiger partial charge in [0.15, 0.2) is 0 Å². The highest BCUT2D eigenvalue weighted by Gasteiger charge is 2.23. The van der Waals surface area contributed by atoms with Crippen molar-refractivity contribution in [2.24, 2.45) is 0 Å². The zero-order chi connectivity index (χ0) is 21.9. The second-order valence-corrected chi connectivity index (χ2v) is 10.1. The molecule has 2 aromatic rings. The minimum absolute atomic E-state index is 0.102. The van der Waals surface area contributed by atoms with Crippen LogP contribution in [-0.4, -0.2) is 39.6 Å². The summed E-state index contributed by atoms with van der Waals surface area (Å²) in [5, 5.41) is 2.77. The summed E-state index contributed by atoms with van der Waals surface area (Å²) in [5.74, 6) is -0.312. The molecule has 1 N–H and O–H groups in total. The largest absolute Gasteiger partial charge is 0.350 e. The molecule has 30 heavy (non-hydrogen) atoms. The number of anilines is 2. The minimum atomic E-state index is -3.64. The molecular weight excluding hydrogens is 470 g/mol. The Morgan fingerprint density at radius 2 is 2.00 bits per heavy atom. The van der Waals surface area contributed by atoms with E-state index in [0.29, 0.717) is 18.7 Å². The number of halogens is 1. The van der Waals surface area contributed by atoms with Crippen LogP contribution in [0.4, 0.5) is 11.4 Å². The van der Waals surface area contributed by atoms with E-state index in [1.165, 1.54) is 0 Å². The molecule has 160 valence electrons. The number of benzene rings is 2. The van der Waals surface area contributed by atoms with E-state index < -0.39 is 15.9 Å². The van der Waals surface area contributed by atoms with E-state index >= 15 is 0 Å². The molecule has 7 nitrogen and oxygen atoms in total. The van der Waals surface area contributed by atoms with Crippen molar-refractivity contribution in [1.82, 2.24) is 5.32 Å². The van der Waals surface area contributed by atoms with Gasteiger partial charge in [0.1, 0.15) is 6.54 Å². The Bertz CT molecular complexity index is 1070. The summed E-state index contributed by atoms with van der Waals surface area (Å²) in [6, 6.07) is 12.6. The molecule has 0 bridgehead atoms. The fourth-order valence-corrected chi connectivity index (χ4v) is 4.42. The maximum Gasteiger partial charge on any atom is 0.241 e. The van der Waals surface area contributed by atoms with E-state index in [1.54, 1.807) is 23.1 Å². The van der Waals surface area contributed by atoms with Crippen LogP contribution in [0.25, 0.3) is 0 Å². The fraction of sp³-hybridized carbons (Fsp3) is 0.333. The van der Waals surface area contributed by atoms with Crippen LogP contribution >= 0.6 is 15.9 Å². The Balaban J connectivity index is 1.68. The molecule has 0 atom stereocenters. The van der Waals surface area contributed by atoms with Gasteiger partial charge in [-0.25, -0.2) is 8.42 Å². The standard InChI is InChI=1S/C21H24BrN3O4S/c1-15-11-18(8-9-19(15)22)25(30(2,28)29)14-20(26)23-13-16-5-3-6-17(12-16)24-10-4-7-21(24)27/h3,5-6,8-9,11-12H,4,7,10,13-14H2,1-2H3,(H,23,26). The zero-order valence-electron chi connectivity index (χ0n) is 16.9. The molecule has 0 aromatic heterocycles. The zero-order valence-corrected chi connectivity index (χ0v) is 19.3. The number of carbonyl (C=O) groups excluding carboxylic acids is 2. The number of nitrogens with zero attached hydrogens (tertiary/aromatic N) is 2. The van der Waals surface area contributed by atoms with Crippen molar-refractivity contribution >= 4 is 49.1 Å². The number of rotatable bonds is 7.